The first-order valence-electron chi connectivity index (χ1n) is 8.76. The summed E-state index contributed by atoms with van der Waals surface area (Å²) in [4.78, 5) is 0. The van der Waals surface area contributed by atoms with Crippen LogP contribution in [-0.2, 0) is 18.0 Å². The molecule has 0 aliphatic rings. The topological polar surface area (TPSA) is 36.9 Å². The van der Waals surface area contributed by atoms with Crippen LogP contribution in [0.25, 0.3) is 0 Å². The van der Waals surface area contributed by atoms with Crippen molar-refractivity contribution in [2.45, 2.75) is 40.2 Å². The van der Waals surface area contributed by atoms with Crippen molar-refractivity contribution in [2.24, 2.45) is 0 Å². The van der Waals surface area contributed by atoms with Crippen LogP contribution in [0.4, 0.5) is 0 Å². The largest absolute Gasteiger partial charge is 0.501 e. The normalized spacial score (nSPS) is 12.6. The monoisotopic (exact) mass is 348 g/mol. The molecule has 23 heavy (non-hydrogen) atoms. The Morgan fingerprint density at radius 3 is 1.91 bits per heavy atom. The van der Waals surface area contributed by atoms with Crippen LogP contribution in [0.1, 0.15) is 34.1 Å². The lowest BCUT2D eigenvalue weighted by atomic mass is 10.3. The second-order valence-corrected chi connectivity index (χ2v) is 9.21. The first-order valence-corrected chi connectivity index (χ1v) is 10.7. The zero-order valence-corrected chi connectivity index (χ0v) is 17.2. The number of likely N-dealkylation sites (N-methyl/N-ethyl adjacent to an activating group) is 1. The Morgan fingerprint density at radius 1 is 0.957 bits per heavy atom. The zero-order valence-electron chi connectivity index (χ0n) is 16.2. The van der Waals surface area contributed by atoms with Crippen LogP contribution in [-0.4, -0.2) is 73.5 Å². The van der Waals surface area contributed by atoms with Crippen LogP contribution >= 0.6 is 0 Å². The number of rotatable bonds is 15. The zero-order chi connectivity index (χ0) is 17.8. The second-order valence-electron chi connectivity index (χ2n) is 6.48. The van der Waals surface area contributed by atoms with Gasteiger partial charge in [0.05, 0.1) is 33.9 Å². The van der Waals surface area contributed by atoms with E-state index < -0.39 is 8.80 Å². The van der Waals surface area contributed by atoms with Gasteiger partial charge in [-0.1, -0.05) is 12.2 Å². The first-order chi connectivity index (χ1) is 10.8. The van der Waals surface area contributed by atoms with Gasteiger partial charge in [0, 0.05) is 32.3 Å². The molecule has 0 aromatic carbocycles. The predicted molar refractivity (Wildman–Crippen MR) is 97.5 cm³/mol. The Morgan fingerprint density at radius 2 is 1.48 bits per heavy atom. The molecule has 0 bridgehead atoms. The van der Waals surface area contributed by atoms with Crippen LogP contribution in [0.2, 0.25) is 6.04 Å². The summed E-state index contributed by atoms with van der Waals surface area (Å²) < 4.78 is 24.2. The Hall–Kier alpha value is -0.243. The van der Waals surface area contributed by atoms with Gasteiger partial charge in [-0.2, -0.15) is 0 Å². The van der Waals surface area contributed by atoms with Gasteiger partial charge < -0.3 is 22.5 Å². The molecule has 0 spiro atoms. The minimum atomic E-state index is -2.50. The van der Waals surface area contributed by atoms with Gasteiger partial charge in [0.25, 0.3) is 0 Å². The number of hydrogen-bond donors (Lipinski definition) is 0. The van der Waals surface area contributed by atoms with Crippen molar-refractivity contribution in [1.82, 2.24) is 0 Å². The molecule has 0 saturated carbocycles. The van der Waals surface area contributed by atoms with Crippen molar-refractivity contribution in [3.63, 3.8) is 0 Å². The smallest absolute Gasteiger partial charge is 0.374 e. The SMILES string of the molecule is C=C(C)COCC[N+](C)(C)CCC[Si](OCC)(OCC)OCC. The van der Waals surface area contributed by atoms with Crippen molar-refractivity contribution in [2.75, 3.05) is 60.2 Å². The van der Waals surface area contributed by atoms with Crippen LogP contribution in [0.15, 0.2) is 12.2 Å². The second kappa shape index (κ2) is 12.2. The fourth-order valence-corrected chi connectivity index (χ4v) is 4.99. The van der Waals surface area contributed by atoms with Crippen molar-refractivity contribution in [1.29, 1.82) is 0 Å². The molecule has 0 unspecified atom stereocenters. The fraction of sp³-hybridized carbons (Fsp3) is 0.882. The van der Waals surface area contributed by atoms with E-state index in [1.54, 1.807) is 0 Å². The Bertz CT molecular complexity index is 307. The van der Waals surface area contributed by atoms with Gasteiger partial charge in [-0.05, 0) is 27.7 Å². The third kappa shape index (κ3) is 11.0. The third-order valence-electron chi connectivity index (χ3n) is 3.53. The number of ether oxygens (including phenoxy) is 1. The summed E-state index contributed by atoms with van der Waals surface area (Å²) in [5.41, 5.74) is 1.07. The van der Waals surface area contributed by atoms with E-state index in [9.17, 15) is 0 Å². The summed E-state index contributed by atoms with van der Waals surface area (Å²) in [7, 11) is 1.96. The lowest BCUT2D eigenvalue weighted by molar-refractivity contribution is -0.890. The lowest BCUT2D eigenvalue weighted by Gasteiger charge is -2.32. The van der Waals surface area contributed by atoms with E-state index in [2.05, 4.69) is 20.7 Å². The van der Waals surface area contributed by atoms with Crippen LogP contribution in [0, 0.1) is 0 Å². The average Bonchev–Trinajstić information content (AvgIpc) is 2.44. The van der Waals surface area contributed by atoms with Gasteiger partial charge in [-0.3, -0.25) is 0 Å². The van der Waals surface area contributed by atoms with Gasteiger partial charge in [0.2, 0.25) is 0 Å². The van der Waals surface area contributed by atoms with Gasteiger partial charge in [0.15, 0.2) is 0 Å². The summed E-state index contributed by atoms with van der Waals surface area (Å²) in [5.74, 6) is 0. The van der Waals surface area contributed by atoms with E-state index >= 15 is 0 Å². The highest BCUT2D eigenvalue weighted by Gasteiger charge is 2.40. The number of quaternary nitrogens is 1. The van der Waals surface area contributed by atoms with E-state index in [0.29, 0.717) is 26.4 Å². The number of nitrogens with zero attached hydrogens (tertiary/aromatic N) is 1. The Balaban J connectivity index is 4.29. The molecule has 0 atom stereocenters. The van der Waals surface area contributed by atoms with E-state index in [-0.39, 0.29) is 0 Å². The molecule has 138 valence electrons. The van der Waals surface area contributed by atoms with Gasteiger partial charge in [0.1, 0.15) is 6.54 Å². The average molecular weight is 349 g/mol. The minimum Gasteiger partial charge on any atom is -0.374 e. The molecule has 0 rings (SSSR count). The molecule has 0 fully saturated rings. The Kier molecular flexibility index (Phi) is 12.0. The highest BCUT2D eigenvalue weighted by Crippen LogP contribution is 2.19. The maximum Gasteiger partial charge on any atom is 0.501 e. The Labute approximate surface area is 144 Å². The van der Waals surface area contributed by atoms with Gasteiger partial charge in [-0.25, -0.2) is 0 Å². The molecule has 0 N–H and O–H groups in total. The van der Waals surface area contributed by atoms with E-state index in [4.69, 9.17) is 18.0 Å². The van der Waals surface area contributed by atoms with E-state index in [1.807, 2.05) is 27.7 Å². The van der Waals surface area contributed by atoms with Gasteiger partial charge in [-0.15, -0.1) is 0 Å². The molecular weight excluding hydrogens is 310 g/mol. The molecule has 0 aliphatic carbocycles. The van der Waals surface area contributed by atoms with E-state index in [0.717, 1.165) is 42.2 Å². The maximum absolute atomic E-state index is 5.90. The van der Waals surface area contributed by atoms with Gasteiger partial charge >= 0.3 is 8.80 Å². The van der Waals surface area contributed by atoms with Crippen LogP contribution < -0.4 is 0 Å². The molecule has 0 aliphatic heterocycles. The van der Waals surface area contributed by atoms with E-state index in [1.165, 1.54) is 0 Å². The molecule has 0 saturated heterocycles. The minimum absolute atomic E-state index is 0.638. The summed E-state index contributed by atoms with van der Waals surface area (Å²) in [6, 6.07) is 0.872. The summed E-state index contributed by atoms with van der Waals surface area (Å²) in [6.07, 6.45) is 1.03. The predicted octanol–water partition coefficient (Wildman–Crippen LogP) is 3.09. The molecule has 0 amide bonds. The van der Waals surface area contributed by atoms with Crippen LogP contribution in [0.5, 0.6) is 0 Å². The van der Waals surface area contributed by atoms with Crippen LogP contribution in [0.3, 0.4) is 0 Å². The molecular formula is C17H38NO4Si+. The van der Waals surface area contributed by atoms with Crippen molar-refractivity contribution in [3.05, 3.63) is 12.2 Å². The highest BCUT2D eigenvalue weighted by molar-refractivity contribution is 6.60. The molecule has 0 aromatic heterocycles. The molecule has 0 radical (unpaired) electrons. The summed E-state index contributed by atoms with van der Waals surface area (Å²) in [6.45, 7) is 17.2. The summed E-state index contributed by atoms with van der Waals surface area (Å²) in [5, 5.41) is 0. The van der Waals surface area contributed by atoms with Crippen molar-refractivity contribution >= 4 is 8.80 Å². The lowest BCUT2D eigenvalue weighted by Crippen LogP contribution is -2.48. The van der Waals surface area contributed by atoms with Crippen molar-refractivity contribution in [3.8, 4) is 0 Å². The molecule has 6 heteroatoms. The molecule has 0 heterocycles. The highest BCUT2D eigenvalue weighted by atomic mass is 28.4. The fourth-order valence-electron chi connectivity index (χ4n) is 2.39. The third-order valence-corrected chi connectivity index (χ3v) is 6.68. The molecule has 5 nitrogen and oxygen atoms in total. The van der Waals surface area contributed by atoms with Crippen molar-refractivity contribution < 1.29 is 22.5 Å². The quantitative estimate of drug-likeness (QED) is 0.197. The number of hydrogen-bond acceptors (Lipinski definition) is 4. The standard InChI is InChI=1S/C17H38NO4Si/c1-8-20-23(21-9-2,22-10-3)15-11-12-18(6,7)13-14-19-16-17(4)5/h4,8-16H2,1-3,5-7H3/q+1. The molecule has 0 aromatic rings. The maximum atomic E-state index is 5.90. The summed E-state index contributed by atoms with van der Waals surface area (Å²) >= 11 is 0. The first kappa shape index (κ1) is 22.8.